The molecule has 70 valence electrons. The lowest BCUT2D eigenvalue weighted by atomic mass is 10.1. The van der Waals surface area contributed by atoms with Crippen LogP contribution in [0.5, 0.6) is 0 Å². The van der Waals surface area contributed by atoms with E-state index < -0.39 is 0 Å². The first-order chi connectivity index (χ1) is 6.90. The summed E-state index contributed by atoms with van der Waals surface area (Å²) in [5.41, 5.74) is 2.06. The molecule has 0 aliphatic rings. The van der Waals surface area contributed by atoms with E-state index in [1.165, 1.54) is 0 Å². The third-order valence-corrected chi connectivity index (χ3v) is 2.02. The van der Waals surface area contributed by atoms with Gasteiger partial charge in [-0.25, -0.2) is 9.97 Å². The SMILES string of the molecule is CCc1ncc(-c2cccnc2)cn1. The minimum Gasteiger partial charge on any atom is -0.264 e. The summed E-state index contributed by atoms with van der Waals surface area (Å²) >= 11 is 0. The molecule has 2 aromatic heterocycles. The van der Waals surface area contributed by atoms with Crippen LogP contribution >= 0.6 is 0 Å². The molecule has 2 aromatic rings. The lowest BCUT2D eigenvalue weighted by molar-refractivity contribution is 0.941. The molecule has 0 amide bonds. The van der Waals surface area contributed by atoms with Crippen molar-refractivity contribution in [1.82, 2.24) is 15.0 Å². The van der Waals surface area contributed by atoms with Crippen molar-refractivity contribution in [3.63, 3.8) is 0 Å². The Morgan fingerprint density at radius 1 is 1.07 bits per heavy atom. The summed E-state index contributed by atoms with van der Waals surface area (Å²) in [6.45, 7) is 2.04. The van der Waals surface area contributed by atoms with Gasteiger partial charge in [-0.3, -0.25) is 4.98 Å². The zero-order chi connectivity index (χ0) is 9.80. The molecule has 0 bridgehead atoms. The standard InChI is InChI=1S/C11H11N3/c1-2-11-13-7-10(8-14-11)9-4-3-5-12-6-9/h3-8H,2H2,1H3. The van der Waals surface area contributed by atoms with Gasteiger partial charge in [0.15, 0.2) is 0 Å². The van der Waals surface area contributed by atoms with Crippen LogP contribution in [0, 0.1) is 0 Å². The topological polar surface area (TPSA) is 38.7 Å². The van der Waals surface area contributed by atoms with Gasteiger partial charge in [0.05, 0.1) is 0 Å². The van der Waals surface area contributed by atoms with E-state index in [1.807, 2.05) is 37.6 Å². The van der Waals surface area contributed by atoms with Crippen LogP contribution in [0.1, 0.15) is 12.7 Å². The van der Waals surface area contributed by atoms with Crippen LogP contribution in [0.3, 0.4) is 0 Å². The molecule has 0 saturated carbocycles. The van der Waals surface area contributed by atoms with Crippen molar-refractivity contribution in [3.8, 4) is 11.1 Å². The molecule has 0 spiro atoms. The van der Waals surface area contributed by atoms with Gasteiger partial charge in [-0.1, -0.05) is 13.0 Å². The van der Waals surface area contributed by atoms with E-state index in [0.717, 1.165) is 23.4 Å². The van der Waals surface area contributed by atoms with Crippen molar-refractivity contribution in [2.24, 2.45) is 0 Å². The predicted molar refractivity (Wildman–Crippen MR) is 54.6 cm³/mol. The molecule has 0 radical (unpaired) electrons. The molecule has 3 heteroatoms. The number of aromatic nitrogens is 3. The molecule has 2 heterocycles. The van der Waals surface area contributed by atoms with Crippen LogP contribution in [-0.4, -0.2) is 15.0 Å². The van der Waals surface area contributed by atoms with E-state index in [4.69, 9.17) is 0 Å². The first kappa shape index (κ1) is 8.81. The summed E-state index contributed by atoms with van der Waals surface area (Å²) in [5.74, 6) is 0.873. The normalized spacial score (nSPS) is 10.1. The van der Waals surface area contributed by atoms with Crippen LogP contribution in [0.15, 0.2) is 36.9 Å². The molecule has 2 rings (SSSR count). The second-order valence-electron chi connectivity index (χ2n) is 2.98. The molecule has 0 fully saturated rings. The van der Waals surface area contributed by atoms with Crippen LogP contribution in [0.2, 0.25) is 0 Å². The molecule has 0 aromatic carbocycles. The lowest BCUT2D eigenvalue weighted by Gasteiger charge is -2.00. The number of pyridine rings is 1. The molecule has 0 aliphatic heterocycles. The first-order valence-electron chi connectivity index (χ1n) is 4.61. The van der Waals surface area contributed by atoms with Gasteiger partial charge in [0.1, 0.15) is 5.82 Å². The average molecular weight is 185 g/mol. The Bertz CT molecular complexity index is 395. The van der Waals surface area contributed by atoms with Gasteiger partial charge in [0.2, 0.25) is 0 Å². The number of hydrogen-bond acceptors (Lipinski definition) is 3. The first-order valence-corrected chi connectivity index (χ1v) is 4.61. The monoisotopic (exact) mass is 185 g/mol. The van der Waals surface area contributed by atoms with E-state index in [2.05, 4.69) is 15.0 Å². The van der Waals surface area contributed by atoms with Crippen LogP contribution in [0.4, 0.5) is 0 Å². The second kappa shape index (κ2) is 3.96. The predicted octanol–water partition coefficient (Wildman–Crippen LogP) is 2.10. The summed E-state index contributed by atoms with van der Waals surface area (Å²) < 4.78 is 0. The highest BCUT2D eigenvalue weighted by atomic mass is 14.9. The molecule has 14 heavy (non-hydrogen) atoms. The van der Waals surface area contributed by atoms with Crippen LogP contribution in [-0.2, 0) is 6.42 Å². The molecule has 0 aliphatic carbocycles. The highest BCUT2D eigenvalue weighted by Crippen LogP contribution is 2.14. The van der Waals surface area contributed by atoms with Gasteiger partial charge >= 0.3 is 0 Å². The third-order valence-electron chi connectivity index (χ3n) is 2.02. The highest BCUT2D eigenvalue weighted by molar-refractivity contribution is 5.59. The zero-order valence-corrected chi connectivity index (χ0v) is 8.01. The summed E-state index contributed by atoms with van der Waals surface area (Å²) in [7, 11) is 0. The lowest BCUT2D eigenvalue weighted by Crippen LogP contribution is -1.92. The zero-order valence-electron chi connectivity index (χ0n) is 8.01. The minimum absolute atomic E-state index is 0.868. The van der Waals surface area contributed by atoms with Gasteiger partial charge in [-0.05, 0) is 6.07 Å². The summed E-state index contributed by atoms with van der Waals surface area (Å²) in [6, 6.07) is 3.90. The Morgan fingerprint density at radius 2 is 1.86 bits per heavy atom. The summed E-state index contributed by atoms with van der Waals surface area (Å²) in [6.07, 6.45) is 8.11. The van der Waals surface area contributed by atoms with E-state index in [1.54, 1.807) is 6.20 Å². The van der Waals surface area contributed by atoms with Crippen molar-refractivity contribution in [1.29, 1.82) is 0 Å². The average Bonchev–Trinajstić information content (AvgIpc) is 2.30. The number of nitrogens with zero attached hydrogens (tertiary/aromatic N) is 3. The maximum Gasteiger partial charge on any atom is 0.127 e. The molecule has 0 atom stereocenters. The fourth-order valence-electron chi connectivity index (χ4n) is 1.22. The van der Waals surface area contributed by atoms with Crippen LogP contribution < -0.4 is 0 Å². The van der Waals surface area contributed by atoms with Gasteiger partial charge in [-0.2, -0.15) is 0 Å². The quantitative estimate of drug-likeness (QED) is 0.719. The van der Waals surface area contributed by atoms with E-state index >= 15 is 0 Å². The maximum atomic E-state index is 4.23. The molecular formula is C11H11N3. The largest absolute Gasteiger partial charge is 0.264 e. The molecule has 3 nitrogen and oxygen atoms in total. The van der Waals surface area contributed by atoms with E-state index in [-0.39, 0.29) is 0 Å². The fraction of sp³-hybridized carbons (Fsp3) is 0.182. The summed E-state index contributed by atoms with van der Waals surface area (Å²) in [5, 5.41) is 0. The number of aryl methyl sites for hydroxylation is 1. The van der Waals surface area contributed by atoms with Gasteiger partial charge in [-0.15, -0.1) is 0 Å². The Hall–Kier alpha value is -1.77. The number of rotatable bonds is 2. The van der Waals surface area contributed by atoms with Crippen molar-refractivity contribution < 1.29 is 0 Å². The highest BCUT2D eigenvalue weighted by Gasteiger charge is 1.98. The number of hydrogen-bond donors (Lipinski definition) is 0. The minimum atomic E-state index is 0.868. The van der Waals surface area contributed by atoms with Crippen molar-refractivity contribution in [2.45, 2.75) is 13.3 Å². The maximum absolute atomic E-state index is 4.23. The molecule has 0 saturated heterocycles. The smallest absolute Gasteiger partial charge is 0.127 e. The molecule has 0 unspecified atom stereocenters. The van der Waals surface area contributed by atoms with Crippen LogP contribution in [0.25, 0.3) is 11.1 Å². The van der Waals surface area contributed by atoms with Crippen molar-refractivity contribution >= 4 is 0 Å². The third kappa shape index (κ3) is 1.76. The van der Waals surface area contributed by atoms with Gasteiger partial charge < -0.3 is 0 Å². The van der Waals surface area contributed by atoms with Gasteiger partial charge in [0.25, 0.3) is 0 Å². The van der Waals surface area contributed by atoms with Crippen molar-refractivity contribution in [3.05, 3.63) is 42.7 Å². The Kier molecular flexibility index (Phi) is 2.49. The Morgan fingerprint density at radius 3 is 2.43 bits per heavy atom. The van der Waals surface area contributed by atoms with E-state index in [0.29, 0.717) is 0 Å². The summed E-state index contributed by atoms with van der Waals surface area (Å²) in [4.78, 5) is 12.5. The van der Waals surface area contributed by atoms with E-state index in [9.17, 15) is 0 Å². The molecule has 0 N–H and O–H groups in total. The second-order valence-corrected chi connectivity index (χ2v) is 2.98. The fourth-order valence-corrected chi connectivity index (χ4v) is 1.22. The Labute approximate surface area is 82.9 Å². The van der Waals surface area contributed by atoms with Gasteiger partial charge in [0, 0.05) is 42.3 Å². The Balaban J connectivity index is 2.34. The van der Waals surface area contributed by atoms with Crippen molar-refractivity contribution in [2.75, 3.05) is 0 Å². The molecular weight excluding hydrogens is 174 g/mol.